The van der Waals surface area contributed by atoms with Crippen molar-refractivity contribution in [3.8, 4) is 11.6 Å². The fourth-order valence-corrected chi connectivity index (χ4v) is 3.69. The van der Waals surface area contributed by atoms with Crippen molar-refractivity contribution in [1.29, 1.82) is 0 Å². The SMILES string of the molecule is CCCCCOc1ccc(Cn2c(O)c(N=Nc3ccc(Cl)cc3)c3ccccc32)cc1. The molecule has 0 radical (unpaired) electrons. The fourth-order valence-electron chi connectivity index (χ4n) is 3.56. The number of fused-ring (bicyclic) bond motifs is 1. The van der Waals surface area contributed by atoms with Crippen LogP contribution in [0.15, 0.2) is 83.0 Å². The predicted molar refractivity (Wildman–Crippen MR) is 130 cm³/mol. The van der Waals surface area contributed by atoms with E-state index >= 15 is 0 Å². The van der Waals surface area contributed by atoms with E-state index in [9.17, 15) is 5.11 Å². The van der Waals surface area contributed by atoms with Crippen LogP contribution < -0.4 is 4.74 Å². The molecule has 32 heavy (non-hydrogen) atoms. The third kappa shape index (κ3) is 5.11. The van der Waals surface area contributed by atoms with E-state index in [0.717, 1.165) is 35.2 Å². The van der Waals surface area contributed by atoms with Crippen LogP contribution in [-0.2, 0) is 6.54 Å². The van der Waals surface area contributed by atoms with Gasteiger partial charge >= 0.3 is 0 Å². The number of aromatic nitrogens is 1. The maximum absolute atomic E-state index is 11.0. The molecule has 0 bridgehead atoms. The number of hydrogen-bond donors (Lipinski definition) is 1. The van der Waals surface area contributed by atoms with Gasteiger partial charge in [-0.25, -0.2) is 0 Å². The first kappa shape index (κ1) is 21.9. The van der Waals surface area contributed by atoms with E-state index in [1.807, 2.05) is 53.1 Å². The molecule has 1 N–H and O–H groups in total. The zero-order chi connectivity index (χ0) is 22.3. The van der Waals surface area contributed by atoms with Gasteiger partial charge in [0.05, 0.1) is 24.4 Å². The number of unbranched alkanes of at least 4 members (excludes halogenated alkanes) is 2. The number of halogens is 1. The molecule has 4 aromatic rings. The number of aromatic hydroxyl groups is 1. The van der Waals surface area contributed by atoms with Crippen LogP contribution in [0.4, 0.5) is 11.4 Å². The third-order valence-corrected chi connectivity index (χ3v) is 5.54. The summed E-state index contributed by atoms with van der Waals surface area (Å²) >= 11 is 5.94. The van der Waals surface area contributed by atoms with Gasteiger partial charge in [0.1, 0.15) is 5.75 Å². The van der Waals surface area contributed by atoms with Gasteiger partial charge in [0.2, 0.25) is 5.88 Å². The zero-order valence-corrected chi connectivity index (χ0v) is 18.8. The van der Waals surface area contributed by atoms with Crippen LogP contribution in [0.2, 0.25) is 5.02 Å². The number of benzene rings is 3. The van der Waals surface area contributed by atoms with Crippen LogP contribution in [-0.4, -0.2) is 16.3 Å². The number of nitrogens with zero attached hydrogens (tertiary/aromatic N) is 3. The third-order valence-electron chi connectivity index (χ3n) is 5.29. The molecule has 5 nitrogen and oxygen atoms in total. The molecule has 164 valence electrons. The van der Waals surface area contributed by atoms with Crippen LogP contribution in [0.25, 0.3) is 10.9 Å². The van der Waals surface area contributed by atoms with E-state index in [2.05, 4.69) is 17.2 Å². The lowest BCUT2D eigenvalue weighted by Gasteiger charge is -2.09. The molecule has 4 rings (SSSR count). The van der Waals surface area contributed by atoms with Crippen molar-refractivity contribution in [2.45, 2.75) is 32.7 Å². The summed E-state index contributed by atoms with van der Waals surface area (Å²) < 4.78 is 7.65. The number of hydrogen-bond acceptors (Lipinski definition) is 4. The van der Waals surface area contributed by atoms with E-state index in [1.54, 1.807) is 24.3 Å². The molecule has 3 aromatic carbocycles. The quantitative estimate of drug-likeness (QED) is 0.208. The second-order valence-corrected chi connectivity index (χ2v) is 8.09. The Morgan fingerprint density at radius 3 is 2.41 bits per heavy atom. The first-order valence-electron chi connectivity index (χ1n) is 10.8. The molecule has 0 saturated heterocycles. The largest absolute Gasteiger partial charge is 0.494 e. The van der Waals surface area contributed by atoms with Gasteiger partial charge in [0, 0.05) is 10.4 Å². The average Bonchev–Trinajstić information content (AvgIpc) is 3.08. The fraction of sp³-hybridized carbons (Fsp3) is 0.231. The highest BCUT2D eigenvalue weighted by Gasteiger charge is 2.16. The summed E-state index contributed by atoms with van der Waals surface area (Å²) in [5.41, 5.74) is 3.07. The van der Waals surface area contributed by atoms with Gasteiger partial charge in [-0.3, -0.25) is 0 Å². The second kappa shape index (κ2) is 10.3. The molecule has 0 aliphatic carbocycles. The topological polar surface area (TPSA) is 59.1 Å². The first-order valence-corrected chi connectivity index (χ1v) is 11.2. The van der Waals surface area contributed by atoms with Crippen molar-refractivity contribution in [2.24, 2.45) is 10.2 Å². The van der Waals surface area contributed by atoms with Gasteiger partial charge in [0.15, 0.2) is 5.69 Å². The van der Waals surface area contributed by atoms with Crippen molar-refractivity contribution in [3.63, 3.8) is 0 Å². The van der Waals surface area contributed by atoms with Gasteiger partial charge in [-0.2, -0.15) is 5.11 Å². The molecule has 1 aromatic heterocycles. The predicted octanol–water partition coefficient (Wildman–Crippen LogP) is 8.03. The van der Waals surface area contributed by atoms with Crippen molar-refractivity contribution < 1.29 is 9.84 Å². The maximum atomic E-state index is 11.0. The monoisotopic (exact) mass is 447 g/mol. The van der Waals surface area contributed by atoms with Crippen molar-refractivity contribution >= 4 is 33.9 Å². The summed E-state index contributed by atoms with van der Waals surface area (Å²) in [6.45, 7) is 3.43. The van der Waals surface area contributed by atoms with Crippen molar-refractivity contribution in [3.05, 3.63) is 83.4 Å². The van der Waals surface area contributed by atoms with Gasteiger partial charge in [-0.1, -0.05) is 61.7 Å². The number of rotatable bonds is 9. The summed E-state index contributed by atoms with van der Waals surface area (Å²) in [5, 5.41) is 21.1. The van der Waals surface area contributed by atoms with Crippen LogP contribution in [0.1, 0.15) is 31.7 Å². The molecule has 0 unspecified atom stereocenters. The van der Waals surface area contributed by atoms with Gasteiger partial charge in [-0.05, 0) is 54.4 Å². The average molecular weight is 448 g/mol. The van der Waals surface area contributed by atoms with E-state index in [1.165, 1.54) is 12.8 Å². The Morgan fingerprint density at radius 1 is 0.906 bits per heavy atom. The molecule has 6 heteroatoms. The van der Waals surface area contributed by atoms with Gasteiger partial charge in [0.25, 0.3) is 0 Å². The lowest BCUT2D eigenvalue weighted by molar-refractivity contribution is 0.306. The summed E-state index contributed by atoms with van der Waals surface area (Å²) in [6, 6.07) is 22.9. The highest BCUT2D eigenvalue weighted by molar-refractivity contribution is 6.30. The Balaban J connectivity index is 1.57. The Bertz CT molecular complexity index is 1200. The summed E-state index contributed by atoms with van der Waals surface area (Å²) in [6.07, 6.45) is 3.42. The Morgan fingerprint density at radius 2 is 1.66 bits per heavy atom. The highest BCUT2D eigenvalue weighted by Crippen LogP contribution is 2.40. The molecule has 0 atom stereocenters. The van der Waals surface area contributed by atoms with E-state index in [0.29, 0.717) is 22.9 Å². The van der Waals surface area contributed by atoms with Crippen molar-refractivity contribution in [2.75, 3.05) is 6.61 Å². The van der Waals surface area contributed by atoms with Crippen LogP contribution in [0.5, 0.6) is 11.6 Å². The van der Waals surface area contributed by atoms with Gasteiger partial charge < -0.3 is 14.4 Å². The van der Waals surface area contributed by atoms with Crippen LogP contribution >= 0.6 is 11.6 Å². The normalized spacial score (nSPS) is 11.4. The smallest absolute Gasteiger partial charge is 0.221 e. The minimum absolute atomic E-state index is 0.0869. The summed E-state index contributed by atoms with van der Waals surface area (Å²) in [7, 11) is 0. The standard InChI is InChI=1S/C26H26ClN3O2/c1-2-3-6-17-32-22-15-9-19(10-16-22)18-30-24-8-5-4-7-23(24)25(26(30)31)29-28-21-13-11-20(27)12-14-21/h4-5,7-16,31H,2-3,6,17-18H2,1H3. The molecule has 0 spiro atoms. The molecule has 1 heterocycles. The Hall–Kier alpha value is -3.31. The number of azo groups is 1. The van der Waals surface area contributed by atoms with E-state index in [4.69, 9.17) is 16.3 Å². The minimum atomic E-state index is 0.0869. The summed E-state index contributed by atoms with van der Waals surface area (Å²) in [5.74, 6) is 0.952. The zero-order valence-electron chi connectivity index (χ0n) is 18.0. The number of para-hydroxylation sites is 1. The van der Waals surface area contributed by atoms with E-state index < -0.39 is 0 Å². The minimum Gasteiger partial charge on any atom is -0.494 e. The lowest BCUT2D eigenvalue weighted by Crippen LogP contribution is -2.00. The number of ether oxygens (including phenoxy) is 1. The molecular weight excluding hydrogens is 422 g/mol. The second-order valence-electron chi connectivity index (χ2n) is 7.65. The molecule has 0 amide bonds. The Kier molecular flexibility index (Phi) is 7.07. The van der Waals surface area contributed by atoms with E-state index in [-0.39, 0.29) is 5.88 Å². The highest BCUT2D eigenvalue weighted by atomic mass is 35.5. The first-order chi connectivity index (χ1) is 15.7. The van der Waals surface area contributed by atoms with Crippen LogP contribution in [0.3, 0.4) is 0 Å². The molecular formula is C26H26ClN3O2. The lowest BCUT2D eigenvalue weighted by atomic mass is 10.2. The molecule has 0 fully saturated rings. The molecule has 0 aliphatic heterocycles. The Labute approximate surface area is 192 Å². The van der Waals surface area contributed by atoms with Crippen molar-refractivity contribution in [1.82, 2.24) is 4.57 Å². The van der Waals surface area contributed by atoms with Crippen LogP contribution in [0, 0.1) is 0 Å². The maximum Gasteiger partial charge on any atom is 0.221 e. The van der Waals surface area contributed by atoms with Gasteiger partial charge in [-0.15, -0.1) is 5.11 Å². The molecule has 0 saturated carbocycles. The molecule has 0 aliphatic rings. The summed E-state index contributed by atoms with van der Waals surface area (Å²) in [4.78, 5) is 0.